The molecule has 19 heavy (non-hydrogen) atoms. The van der Waals surface area contributed by atoms with Crippen LogP contribution >= 0.6 is 0 Å². The van der Waals surface area contributed by atoms with E-state index < -0.39 is 34.3 Å². The number of nitro groups is 1. The van der Waals surface area contributed by atoms with Crippen molar-refractivity contribution in [3.05, 3.63) is 33.9 Å². The number of rotatable bonds is 4. The molecule has 1 rings (SSSR count). The van der Waals surface area contributed by atoms with E-state index in [0.29, 0.717) is 0 Å². The van der Waals surface area contributed by atoms with Gasteiger partial charge in [0.1, 0.15) is 6.04 Å². The van der Waals surface area contributed by atoms with Crippen molar-refractivity contribution >= 4 is 17.6 Å². The van der Waals surface area contributed by atoms with Gasteiger partial charge in [0.05, 0.1) is 4.92 Å². The first-order valence-electron chi connectivity index (χ1n) is 5.23. The zero-order valence-electron chi connectivity index (χ0n) is 10.2. The number of aliphatic carboxylic acids is 1. The lowest BCUT2D eigenvalue weighted by atomic mass is 10.1. The minimum atomic E-state index is -1.19. The Morgan fingerprint density at radius 3 is 2.47 bits per heavy atom. The van der Waals surface area contributed by atoms with Gasteiger partial charge in [-0.1, -0.05) is 0 Å². The van der Waals surface area contributed by atoms with Crippen molar-refractivity contribution in [2.45, 2.75) is 13.0 Å². The van der Waals surface area contributed by atoms with Crippen LogP contribution < -0.4 is 0 Å². The maximum atomic E-state index is 11.9. The SMILES string of the molecule is CC(C(=O)O)N(C)C(=O)c1ccc(O)c([N+](=O)[O-])c1. The van der Waals surface area contributed by atoms with E-state index in [1.165, 1.54) is 20.0 Å². The number of phenols is 1. The highest BCUT2D eigenvalue weighted by molar-refractivity contribution is 5.97. The lowest BCUT2D eigenvalue weighted by molar-refractivity contribution is -0.385. The third-order valence-corrected chi connectivity index (χ3v) is 2.68. The van der Waals surface area contributed by atoms with Gasteiger partial charge in [-0.3, -0.25) is 14.9 Å². The van der Waals surface area contributed by atoms with Crippen LogP contribution in [-0.2, 0) is 4.79 Å². The molecular formula is C11H12N2O6. The molecule has 1 amide bonds. The summed E-state index contributed by atoms with van der Waals surface area (Å²) in [5.41, 5.74) is -0.678. The summed E-state index contributed by atoms with van der Waals surface area (Å²) in [5, 5.41) is 28.7. The number of phenolic OH excluding ortho intramolecular Hbond substituents is 1. The number of nitro benzene ring substituents is 1. The number of aromatic hydroxyl groups is 1. The standard InChI is InChI=1S/C11H12N2O6/c1-6(11(16)17)12(2)10(15)7-3-4-9(14)8(5-7)13(18)19/h3-6,14H,1-2H3,(H,16,17). The molecule has 0 bridgehead atoms. The van der Waals surface area contributed by atoms with E-state index in [1.54, 1.807) is 0 Å². The second-order valence-electron chi connectivity index (χ2n) is 3.89. The van der Waals surface area contributed by atoms with E-state index in [-0.39, 0.29) is 5.56 Å². The van der Waals surface area contributed by atoms with E-state index in [2.05, 4.69) is 0 Å². The molecule has 0 heterocycles. The maximum absolute atomic E-state index is 11.9. The number of carboxylic acids is 1. The van der Waals surface area contributed by atoms with Crippen molar-refractivity contribution in [2.75, 3.05) is 7.05 Å². The molecule has 0 aliphatic carbocycles. The average Bonchev–Trinajstić information content (AvgIpc) is 2.36. The zero-order chi connectivity index (χ0) is 14.7. The largest absolute Gasteiger partial charge is 0.502 e. The molecule has 0 fully saturated rings. The number of amides is 1. The van der Waals surface area contributed by atoms with Crippen LogP contribution in [0.2, 0.25) is 0 Å². The summed E-state index contributed by atoms with van der Waals surface area (Å²) >= 11 is 0. The summed E-state index contributed by atoms with van der Waals surface area (Å²) < 4.78 is 0. The minimum Gasteiger partial charge on any atom is -0.502 e. The van der Waals surface area contributed by atoms with Gasteiger partial charge in [-0.25, -0.2) is 4.79 Å². The van der Waals surface area contributed by atoms with E-state index in [9.17, 15) is 24.8 Å². The number of carbonyl (C=O) groups is 2. The Balaban J connectivity index is 3.10. The van der Waals surface area contributed by atoms with Crippen LogP contribution in [0.3, 0.4) is 0 Å². The van der Waals surface area contributed by atoms with Crippen LogP contribution in [0.15, 0.2) is 18.2 Å². The van der Waals surface area contributed by atoms with Gasteiger partial charge in [-0.05, 0) is 19.1 Å². The molecule has 8 nitrogen and oxygen atoms in total. The fourth-order valence-corrected chi connectivity index (χ4v) is 1.35. The summed E-state index contributed by atoms with van der Waals surface area (Å²) in [6.45, 7) is 1.31. The van der Waals surface area contributed by atoms with Crippen molar-refractivity contribution in [3.63, 3.8) is 0 Å². The van der Waals surface area contributed by atoms with Gasteiger partial charge in [-0.2, -0.15) is 0 Å². The average molecular weight is 268 g/mol. The summed E-state index contributed by atoms with van der Waals surface area (Å²) in [6.07, 6.45) is 0. The molecule has 2 N–H and O–H groups in total. The predicted molar refractivity (Wildman–Crippen MR) is 64.0 cm³/mol. The number of carboxylic acid groups (broad SMARTS) is 1. The van der Waals surface area contributed by atoms with Crippen molar-refractivity contribution in [1.29, 1.82) is 0 Å². The molecule has 1 unspecified atom stereocenters. The van der Waals surface area contributed by atoms with Crippen LogP contribution in [0, 0.1) is 10.1 Å². The number of benzene rings is 1. The molecule has 8 heteroatoms. The second-order valence-corrected chi connectivity index (χ2v) is 3.89. The highest BCUT2D eigenvalue weighted by Crippen LogP contribution is 2.26. The van der Waals surface area contributed by atoms with Gasteiger partial charge in [0.25, 0.3) is 5.91 Å². The first-order chi connectivity index (χ1) is 8.75. The zero-order valence-corrected chi connectivity index (χ0v) is 10.2. The molecule has 0 saturated carbocycles. The molecule has 0 aromatic heterocycles. The fraction of sp³-hybridized carbons (Fsp3) is 0.273. The van der Waals surface area contributed by atoms with Crippen molar-refractivity contribution in [3.8, 4) is 5.75 Å². The lowest BCUT2D eigenvalue weighted by Gasteiger charge is -2.21. The second kappa shape index (κ2) is 5.34. The number of nitrogens with zero attached hydrogens (tertiary/aromatic N) is 2. The van der Waals surface area contributed by atoms with Crippen molar-refractivity contribution in [1.82, 2.24) is 4.90 Å². The van der Waals surface area contributed by atoms with Gasteiger partial charge < -0.3 is 15.1 Å². The van der Waals surface area contributed by atoms with Gasteiger partial charge in [0.15, 0.2) is 5.75 Å². The van der Waals surface area contributed by atoms with E-state index in [0.717, 1.165) is 17.0 Å². The molecule has 1 aromatic rings. The first kappa shape index (κ1) is 14.4. The summed E-state index contributed by atoms with van der Waals surface area (Å²) in [5.74, 6) is -2.43. The molecule has 102 valence electrons. The highest BCUT2D eigenvalue weighted by atomic mass is 16.6. The molecule has 0 aliphatic rings. The minimum absolute atomic E-state index is 0.0694. The molecule has 0 radical (unpaired) electrons. The van der Waals surface area contributed by atoms with Crippen LogP contribution in [0.4, 0.5) is 5.69 Å². The smallest absolute Gasteiger partial charge is 0.326 e. The molecule has 0 aliphatic heterocycles. The van der Waals surface area contributed by atoms with Gasteiger partial charge >= 0.3 is 11.7 Å². The number of carbonyl (C=O) groups excluding carboxylic acids is 1. The Morgan fingerprint density at radius 1 is 1.42 bits per heavy atom. The van der Waals surface area contributed by atoms with Crippen LogP contribution in [0.1, 0.15) is 17.3 Å². The number of likely N-dealkylation sites (N-methyl/N-ethyl adjacent to an activating group) is 1. The third-order valence-electron chi connectivity index (χ3n) is 2.68. The Morgan fingerprint density at radius 2 is 2.00 bits per heavy atom. The Hall–Kier alpha value is -2.64. The molecule has 0 saturated heterocycles. The van der Waals surface area contributed by atoms with Crippen LogP contribution in [0.25, 0.3) is 0 Å². The first-order valence-corrected chi connectivity index (χ1v) is 5.23. The predicted octanol–water partition coefficient (Wildman–Crippen LogP) is 0.845. The summed E-state index contributed by atoms with van der Waals surface area (Å²) in [4.78, 5) is 33.5. The quantitative estimate of drug-likeness (QED) is 0.616. The van der Waals surface area contributed by atoms with Gasteiger partial charge in [0, 0.05) is 18.7 Å². The monoisotopic (exact) mass is 268 g/mol. The lowest BCUT2D eigenvalue weighted by Crippen LogP contribution is -2.40. The molecule has 1 aromatic carbocycles. The van der Waals surface area contributed by atoms with Crippen LogP contribution in [-0.4, -0.2) is 45.0 Å². The third kappa shape index (κ3) is 2.97. The van der Waals surface area contributed by atoms with E-state index >= 15 is 0 Å². The number of hydrogen-bond donors (Lipinski definition) is 2. The normalized spacial score (nSPS) is 11.7. The van der Waals surface area contributed by atoms with Gasteiger partial charge in [0.2, 0.25) is 0 Å². The van der Waals surface area contributed by atoms with Crippen molar-refractivity contribution in [2.24, 2.45) is 0 Å². The van der Waals surface area contributed by atoms with Crippen LogP contribution in [0.5, 0.6) is 5.75 Å². The van der Waals surface area contributed by atoms with E-state index in [1.807, 2.05) is 0 Å². The summed E-state index contributed by atoms with van der Waals surface area (Å²) in [6, 6.07) is 2.05. The highest BCUT2D eigenvalue weighted by Gasteiger charge is 2.25. The fourth-order valence-electron chi connectivity index (χ4n) is 1.35. The van der Waals surface area contributed by atoms with E-state index in [4.69, 9.17) is 5.11 Å². The molecule has 0 spiro atoms. The Kier molecular flexibility index (Phi) is 4.05. The molecular weight excluding hydrogens is 256 g/mol. The summed E-state index contributed by atoms with van der Waals surface area (Å²) in [7, 11) is 1.28. The topological polar surface area (TPSA) is 121 Å². The Bertz CT molecular complexity index is 542. The van der Waals surface area contributed by atoms with Crippen molar-refractivity contribution < 1.29 is 24.7 Å². The maximum Gasteiger partial charge on any atom is 0.326 e. The molecule has 1 atom stereocenters. The number of hydrogen-bond acceptors (Lipinski definition) is 5. The van der Waals surface area contributed by atoms with Gasteiger partial charge in [-0.15, -0.1) is 0 Å². The Labute approximate surface area is 108 Å².